The van der Waals surface area contributed by atoms with Crippen molar-refractivity contribution in [2.45, 2.75) is 65.3 Å². The average Bonchev–Trinajstić information content (AvgIpc) is 2.10. The van der Waals surface area contributed by atoms with Crippen LogP contribution in [0.3, 0.4) is 0 Å². The minimum absolute atomic E-state index is 0.403. The Bertz CT molecular complexity index is 191. The second kappa shape index (κ2) is 4.86. The molecule has 0 aromatic heterocycles. The van der Waals surface area contributed by atoms with Crippen molar-refractivity contribution in [2.75, 3.05) is 0 Å². The Kier molecular flexibility index (Phi) is 4.03. The molecule has 1 heteroatoms. The van der Waals surface area contributed by atoms with E-state index in [0.717, 1.165) is 0 Å². The Morgan fingerprint density at radius 2 is 2.14 bits per heavy atom. The molecule has 0 aliphatic heterocycles. The van der Waals surface area contributed by atoms with Gasteiger partial charge in [-0.15, -0.1) is 0 Å². The second-order valence-electron chi connectivity index (χ2n) is 5.08. The number of hydrogen-bond donors (Lipinski definition) is 1. The summed E-state index contributed by atoms with van der Waals surface area (Å²) >= 11 is 0. The largest absolute Gasteiger partial charge is 0.386 e. The molecule has 0 bridgehead atoms. The first-order valence-corrected chi connectivity index (χ1v) is 6.04. The number of allylic oxidation sites excluding steroid dienone is 1. The van der Waals surface area contributed by atoms with Gasteiger partial charge in [-0.25, -0.2) is 0 Å². The third-order valence-corrected chi connectivity index (χ3v) is 3.60. The molecule has 0 saturated heterocycles. The molecule has 1 saturated carbocycles. The summed E-state index contributed by atoms with van der Waals surface area (Å²) in [7, 11) is 0. The molecular weight excluding hydrogens is 170 g/mol. The molecule has 1 aliphatic carbocycles. The van der Waals surface area contributed by atoms with Gasteiger partial charge in [0.25, 0.3) is 0 Å². The third-order valence-electron chi connectivity index (χ3n) is 3.60. The van der Waals surface area contributed by atoms with Crippen LogP contribution >= 0.6 is 0 Å². The summed E-state index contributed by atoms with van der Waals surface area (Å²) in [5.74, 6) is 0. The highest BCUT2D eigenvalue weighted by Gasteiger charge is 2.34. The molecule has 1 fully saturated rings. The molecule has 0 amide bonds. The van der Waals surface area contributed by atoms with Crippen molar-refractivity contribution in [3.63, 3.8) is 0 Å². The maximum atomic E-state index is 4.19. The van der Waals surface area contributed by atoms with Crippen molar-refractivity contribution in [1.29, 1.82) is 0 Å². The van der Waals surface area contributed by atoms with Crippen LogP contribution in [0.15, 0.2) is 12.3 Å². The van der Waals surface area contributed by atoms with Gasteiger partial charge in [-0.05, 0) is 26.2 Å². The zero-order chi connectivity index (χ0) is 10.6. The number of nitrogens with one attached hydrogen (secondary N) is 1. The Hall–Kier alpha value is -0.460. The van der Waals surface area contributed by atoms with Crippen LogP contribution in [-0.2, 0) is 0 Å². The summed E-state index contributed by atoms with van der Waals surface area (Å²) < 4.78 is 0. The van der Waals surface area contributed by atoms with Gasteiger partial charge in [0.15, 0.2) is 0 Å². The Labute approximate surface area is 89.0 Å². The zero-order valence-corrected chi connectivity index (χ0v) is 10.0. The lowest BCUT2D eigenvalue weighted by Gasteiger charge is -2.41. The first-order valence-electron chi connectivity index (χ1n) is 6.04. The van der Waals surface area contributed by atoms with Gasteiger partial charge >= 0.3 is 0 Å². The predicted molar refractivity (Wildman–Crippen MR) is 63.2 cm³/mol. The molecule has 0 heterocycles. The standard InChI is InChI=1S/C13H25N/c1-5-6-8-11(2)14-12(3)13(4)9-7-10-13/h11,14H,3,5-10H2,1-2,4H3. The number of hydrogen-bond acceptors (Lipinski definition) is 1. The smallest absolute Gasteiger partial charge is 0.0230 e. The van der Waals surface area contributed by atoms with E-state index in [4.69, 9.17) is 0 Å². The second-order valence-corrected chi connectivity index (χ2v) is 5.08. The molecular formula is C13H25N. The van der Waals surface area contributed by atoms with Gasteiger partial charge in [0, 0.05) is 17.2 Å². The normalized spacial score (nSPS) is 21.1. The molecule has 1 N–H and O–H groups in total. The number of unbranched alkanes of at least 4 members (excludes halogenated alkanes) is 1. The lowest BCUT2D eigenvalue weighted by molar-refractivity contribution is 0.197. The molecule has 1 nitrogen and oxygen atoms in total. The topological polar surface area (TPSA) is 12.0 Å². The molecule has 1 rings (SSSR count). The van der Waals surface area contributed by atoms with Crippen LogP contribution in [0.4, 0.5) is 0 Å². The molecule has 0 spiro atoms. The van der Waals surface area contributed by atoms with Gasteiger partial charge in [0.1, 0.15) is 0 Å². The predicted octanol–water partition coefficient (Wildman–Crippen LogP) is 3.86. The van der Waals surface area contributed by atoms with Crippen LogP contribution in [0.2, 0.25) is 0 Å². The maximum absolute atomic E-state index is 4.19. The van der Waals surface area contributed by atoms with Crippen molar-refractivity contribution in [3.8, 4) is 0 Å². The molecule has 0 radical (unpaired) electrons. The summed E-state index contributed by atoms with van der Waals surface area (Å²) in [6.07, 6.45) is 7.89. The Balaban J connectivity index is 2.25. The van der Waals surface area contributed by atoms with Crippen molar-refractivity contribution in [2.24, 2.45) is 5.41 Å². The lowest BCUT2D eigenvalue weighted by atomic mass is 9.68. The summed E-state index contributed by atoms with van der Waals surface area (Å²) in [4.78, 5) is 0. The minimum atomic E-state index is 0.403. The summed E-state index contributed by atoms with van der Waals surface area (Å²) in [6.45, 7) is 11.0. The summed E-state index contributed by atoms with van der Waals surface area (Å²) in [6, 6.07) is 0.597. The molecule has 14 heavy (non-hydrogen) atoms. The first kappa shape index (κ1) is 11.6. The molecule has 82 valence electrons. The van der Waals surface area contributed by atoms with Gasteiger partial charge in [-0.1, -0.05) is 39.7 Å². The average molecular weight is 195 g/mol. The van der Waals surface area contributed by atoms with E-state index in [1.807, 2.05) is 0 Å². The molecule has 0 aromatic carbocycles. The highest BCUT2D eigenvalue weighted by molar-refractivity contribution is 5.11. The van der Waals surface area contributed by atoms with Gasteiger partial charge < -0.3 is 5.32 Å². The molecule has 1 aliphatic rings. The Morgan fingerprint density at radius 3 is 2.57 bits per heavy atom. The Morgan fingerprint density at radius 1 is 1.50 bits per heavy atom. The lowest BCUT2D eigenvalue weighted by Crippen LogP contribution is -2.38. The monoisotopic (exact) mass is 195 g/mol. The quantitative estimate of drug-likeness (QED) is 0.678. The third kappa shape index (κ3) is 2.76. The zero-order valence-electron chi connectivity index (χ0n) is 10.0. The van der Waals surface area contributed by atoms with E-state index in [1.165, 1.54) is 44.2 Å². The fourth-order valence-corrected chi connectivity index (χ4v) is 2.06. The van der Waals surface area contributed by atoms with Gasteiger partial charge in [-0.2, -0.15) is 0 Å². The van der Waals surface area contributed by atoms with Gasteiger partial charge in [0.05, 0.1) is 0 Å². The maximum Gasteiger partial charge on any atom is 0.0230 e. The molecule has 1 atom stereocenters. The van der Waals surface area contributed by atoms with Gasteiger partial charge in [0.2, 0.25) is 0 Å². The fourth-order valence-electron chi connectivity index (χ4n) is 2.06. The van der Waals surface area contributed by atoms with Crippen LogP contribution < -0.4 is 5.32 Å². The SMILES string of the molecule is C=C(NC(C)CCCC)C1(C)CCC1. The van der Waals surface area contributed by atoms with Crippen molar-refractivity contribution in [3.05, 3.63) is 12.3 Å². The first-order chi connectivity index (χ1) is 6.58. The van der Waals surface area contributed by atoms with E-state index >= 15 is 0 Å². The fraction of sp³-hybridized carbons (Fsp3) is 0.846. The number of rotatable bonds is 6. The molecule has 0 aromatic rings. The summed E-state index contributed by atoms with van der Waals surface area (Å²) in [5.41, 5.74) is 1.67. The van der Waals surface area contributed by atoms with Gasteiger partial charge in [-0.3, -0.25) is 0 Å². The van der Waals surface area contributed by atoms with E-state index in [-0.39, 0.29) is 0 Å². The van der Waals surface area contributed by atoms with Crippen molar-refractivity contribution >= 4 is 0 Å². The van der Waals surface area contributed by atoms with E-state index < -0.39 is 0 Å². The van der Waals surface area contributed by atoms with Crippen LogP contribution in [0.5, 0.6) is 0 Å². The van der Waals surface area contributed by atoms with Crippen molar-refractivity contribution < 1.29 is 0 Å². The molecule has 1 unspecified atom stereocenters. The van der Waals surface area contributed by atoms with Crippen LogP contribution in [-0.4, -0.2) is 6.04 Å². The highest BCUT2D eigenvalue weighted by Crippen LogP contribution is 2.44. The van der Waals surface area contributed by atoms with Crippen LogP contribution in [0.1, 0.15) is 59.3 Å². The van der Waals surface area contributed by atoms with E-state index in [2.05, 4.69) is 32.7 Å². The van der Waals surface area contributed by atoms with E-state index in [9.17, 15) is 0 Å². The van der Waals surface area contributed by atoms with Crippen LogP contribution in [0, 0.1) is 5.41 Å². The minimum Gasteiger partial charge on any atom is -0.386 e. The highest BCUT2D eigenvalue weighted by atomic mass is 14.9. The van der Waals surface area contributed by atoms with E-state index in [1.54, 1.807) is 0 Å². The van der Waals surface area contributed by atoms with E-state index in [0.29, 0.717) is 11.5 Å². The van der Waals surface area contributed by atoms with Crippen LogP contribution in [0.25, 0.3) is 0 Å². The summed E-state index contributed by atoms with van der Waals surface area (Å²) in [5, 5.41) is 3.56. The van der Waals surface area contributed by atoms with Crippen molar-refractivity contribution in [1.82, 2.24) is 5.32 Å².